The molecule has 5 heteroatoms. The Morgan fingerprint density at radius 2 is 1.94 bits per heavy atom. The van der Waals surface area contributed by atoms with Crippen LogP contribution in [-0.4, -0.2) is 23.4 Å². The van der Waals surface area contributed by atoms with Crippen LogP contribution < -0.4 is 5.32 Å². The first-order valence-corrected chi connectivity index (χ1v) is 5.35. The molecule has 90 valence electrons. The van der Waals surface area contributed by atoms with E-state index in [1.807, 2.05) is 7.05 Å². The zero-order valence-electron chi connectivity index (χ0n) is 9.45. The van der Waals surface area contributed by atoms with Crippen molar-refractivity contribution < 1.29 is 8.78 Å². The Morgan fingerprint density at radius 1 is 1.24 bits per heavy atom. The van der Waals surface area contributed by atoms with Crippen molar-refractivity contribution in [3.8, 4) is 5.69 Å². The van der Waals surface area contributed by atoms with Gasteiger partial charge in [0.25, 0.3) is 0 Å². The molecule has 0 saturated carbocycles. The highest BCUT2D eigenvalue weighted by atomic mass is 19.1. The van der Waals surface area contributed by atoms with Gasteiger partial charge < -0.3 is 5.32 Å². The Bertz CT molecular complexity index is 491. The quantitative estimate of drug-likeness (QED) is 0.880. The molecule has 0 bridgehead atoms. The summed E-state index contributed by atoms with van der Waals surface area (Å²) in [5, 5.41) is 6.91. The van der Waals surface area contributed by atoms with Crippen molar-refractivity contribution in [3.05, 3.63) is 47.8 Å². The zero-order chi connectivity index (χ0) is 12.3. The number of likely N-dealkylation sites (N-methyl/N-ethyl adjacent to an activating group) is 1. The average Bonchev–Trinajstić information content (AvgIpc) is 2.69. The van der Waals surface area contributed by atoms with Crippen molar-refractivity contribution in [2.75, 3.05) is 13.6 Å². The molecular formula is C12H13F2N3. The average molecular weight is 237 g/mol. The lowest BCUT2D eigenvalue weighted by Gasteiger charge is -2.02. The van der Waals surface area contributed by atoms with Crippen LogP contribution in [0.3, 0.4) is 0 Å². The van der Waals surface area contributed by atoms with Crippen molar-refractivity contribution in [1.29, 1.82) is 0 Å². The fraction of sp³-hybridized carbons (Fsp3) is 0.250. The minimum atomic E-state index is -0.396. The maximum Gasteiger partial charge on any atom is 0.219 e. The molecule has 2 aromatic rings. The smallest absolute Gasteiger partial charge is 0.219 e. The van der Waals surface area contributed by atoms with E-state index >= 15 is 0 Å². The Hall–Kier alpha value is -1.75. The van der Waals surface area contributed by atoms with Crippen molar-refractivity contribution in [3.63, 3.8) is 0 Å². The topological polar surface area (TPSA) is 29.9 Å². The van der Waals surface area contributed by atoms with Crippen LogP contribution in [0.25, 0.3) is 5.69 Å². The second-order valence-corrected chi connectivity index (χ2v) is 3.70. The number of rotatable bonds is 4. The van der Waals surface area contributed by atoms with Gasteiger partial charge in [0.1, 0.15) is 5.82 Å². The van der Waals surface area contributed by atoms with Gasteiger partial charge in [0.15, 0.2) is 0 Å². The molecule has 17 heavy (non-hydrogen) atoms. The van der Waals surface area contributed by atoms with Gasteiger partial charge in [0.2, 0.25) is 5.95 Å². The summed E-state index contributed by atoms with van der Waals surface area (Å²) >= 11 is 0. The standard InChI is InChI=1S/C12H13F2N3/c1-15-7-6-9-8-16-17(12(9)14)11-4-2-10(13)3-5-11/h2-5,8,15H,6-7H2,1H3. The highest BCUT2D eigenvalue weighted by molar-refractivity contribution is 5.32. The Labute approximate surface area is 98.1 Å². The molecular weight excluding hydrogens is 224 g/mol. The van der Waals surface area contributed by atoms with Gasteiger partial charge in [0, 0.05) is 5.56 Å². The van der Waals surface area contributed by atoms with E-state index in [1.54, 1.807) is 0 Å². The predicted octanol–water partition coefficient (Wildman–Crippen LogP) is 1.91. The second kappa shape index (κ2) is 5.05. The molecule has 2 rings (SSSR count). The summed E-state index contributed by atoms with van der Waals surface area (Å²) in [6, 6.07) is 5.55. The Morgan fingerprint density at radius 3 is 2.59 bits per heavy atom. The second-order valence-electron chi connectivity index (χ2n) is 3.70. The van der Waals surface area contributed by atoms with E-state index in [9.17, 15) is 8.78 Å². The van der Waals surface area contributed by atoms with Gasteiger partial charge in [-0.3, -0.25) is 0 Å². The number of benzene rings is 1. The van der Waals surface area contributed by atoms with E-state index in [1.165, 1.54) is 35.1 Å². The van der Waals surface area contributed by atoms with Gasteiger partial charge in [-0.1, -0.05) is 0 Å². The minimum Gasteiger partial charge on any atom is -0.319 e. The number of hydrogen-bond donors (Lipinski definition) is 1. The van der Waals surface area contributed by atoms with Crippen molar-refractivity contribution in [2.24, 2.45) is 0 Å². The summed E-state index contributed by atoms with van der Waals surface area (Å²) in [6.07, 6.45) is 2.07. The molecule has 0 amide bonds. The third kappa shape index (κ3) is 2.50. The third-order valence-corrected chi connectivity index (χ3v) is 2.50. The summed E-state index contributed by atoms with van der Waals surface area (Å²) in [4.78, 5) is 0. The monoisotopic (exact) mass is 237 g/mol. The Balaban J connectivity index is 2.27. The molecule has 1 N–H and O–H groups in total. The molecule has 0 aliphatic carbocycles. The molecule has 0 aliphatic rings. The summed E-state index contributed by atoms with van der Waals surface area (Å²) in [7, 11) is 1.81. The predicted molar refractivity (Wildman–Crippen MR) is 61.1 cm³/mol. The molecule has 0 fully saturated rings. The van der Waals surface area contributed by atoms with E-state index in [0.717, 1.165) is 0 Å². The van der Waals surface area contributed by atoms with Gasteiger partial charge >= 0.3 is 0 Å². The van der Waals surface area contributed by atoms with Crippen molar-refractivity contribution in [1.82, 2.24) is 15.1 Å². The van der Waals surface area contributed by atoms with E-state index in [2.05, 4.69) is 10.4 Å². The van der Waals surface area contributed by atoms with Crippen LogP contribution in [0.1, 0.15) is 5.56 Å². The molecule has 0 saturated heterocycles. The third-order valence-electron chi connectivity index (χ3n) is 2.50. The lowest BCUT2D eigenvalue weighted by molar-refractivity contribution is 0.524. The molecule has 0 atom stereocenters. The first-order valence-electron chi connectivity index (χ1n) is 5.35. The zero-order valence-corrected chi connectivity index (χ0v) is 9.45. The van der Waals surface area contributed by atoms with Gasteiger partial charge in [-0.2, -0.15) is 9.49 Å². The largest absolute Gasteiger partial charge is 0.319 e. The van der Waals surface area contributed by atoms with Crippen LogP contribution in [0.4, 0.5) is 8.78 Å². The SMILES string of the molecule is CNCCc1cnn(-c2ccc(F)cc2)c1F. The molecule has 0 unspecified atom stereocenters. The van der Waals surface area contributed by atoms with E-state index in [0.29, 0.717) is 24.2 Å². The number of nitrogens with one attached hydrogen (secondary N) is 1. The lowest BCUT2D eigenvalue weighted by atomic mass is 10.2. The highest BCUT2D eigenvalue weighted by Gasteiger charge is 2.11. The van der Waals surface area contributed by atoms with Crippen molar-refractivity contribution >= 4 is 0 Å². The van der Waals surface area contributed by atoms with Gasteiger partial charge in [-0.05, 0) is 44.3 Å². The van der Waals surface area contributed by atoms with E-state index in [4.69, 9.17) is 0 Å². The number of halogens is 2. The fourth-order valence-electron chi connectivity index (χ4n) is 1.56. The van der Waals surface area contributed by atoms with Gasteiger partial charge in [-0.25, -0.2) is 9.07 Å². The number of hydrogen-bond acceptors (Lipinski definition) is 2. The van der Waals surface area contributed by atoms with Crippen LogP contribution in [0.5, 0.6) is 0 Å². The molecule has 1 heterocycles. The molecule has 0 aliphatic heterocycles. The first-order chi connectivity index (χ1) is 8.22. The fourth-order valence-corrected chi connectivity index (χ4v) is 1.56. The normalized spacial score (nSPS) is 10.8. The summed E-state index contributed by atoms with van der Waals surface area (Å²) < 4.78 is 27.8. The van der Waals surface area contributed by atoms with E-state index in [-0.39, 0.29) is 5.82 Å². The summed E-state index contributed by atoms with van der Waals surface area (Å²) in [6.45, 7) is 0.687. The maximum absolute atomic E-state index is 13.9. The van der Waals surface area contributed by atoms with Crippen LogP contribution >= 0.6 is 0 Å². The van der Waals surface area contributed by atoms with Crippen molar-refractivity contribution in [2.45, 2.75) is 6.42 Å². The lowest BCUT2D eigenvalue weighted by Crippen LogP contribution is -2.11. The Kier molecular flexibility index (Phi) is 3.49. The van der Waals surface area contributed by atoms with Crippen LogP contribution in [0, 0.1) is 11.8 Å². The van der Waals surface area contributed by atoms with Crippen LogP contribution in [-0.2, 0) is 6.42 Å². The van der Waals surface area contributed by atoms with Crippen LogP contribution in [0.15, 0.2) is 30.5 Å². The van der Waals surface area contributed by atoms with Gasteiger partial charge in [-0.15, -0.1) is 0 Å². The van der Waals surface area contributed by atoms with Crippen LogP contribution in [0.2, 0.25) is 0 Å². The molecule has 0 radical (unpaired) electrons. The molecule has 1 aromatic carbocycles. The number of nitrogens with zero attached hydrogens (tertiary/aromatic N) is 2. The maximum atomic E-state index is 13.9. The number of aromatic nitrogens is 2. The highest BCUT2D eigenvalue weighted by Crippen LogP contribution is 2.14. The van der Waals surface area contributed by atoms with E-state index < -0.39 is 5.95 Å². The summed E-state index contributed by atoms with van der Waals surface area (Å²) in [5.41, 5.74) is 1.06. The molecule has 0 spiro atoms. The first kappa shape index (κ1) is 11.7. The summed E-state index contributed by atoms with van der Waals surface area (Å²) in [5.74, 6) is -0.747. The minimum absolute atomic E-state index is 0.350. The molecule has 3 nitrogen and oxygen atoms in total. The van der Waals surface area contributed by atoms with Gasteiger partial charge in [0.05, 0.1) is 11.9 Å². The molecule has 1 aromatic heterocycles.